The van der Waals surface area contributed by atoms with Gasteiger partial charge in [-0.2, -0.15) is 0 Å². The SMILES string of the molecule is C=O.CC(=O)CC(OP(C)(=O)N(CCCl)CCCl)c1ccc([N+](=O)[O-])cc1.CC(=O)CC(OP(C)(=O)N(CCCl)CCCl)c1ccc([N+](=O)[O-])s1.CC(=O)CC(OP(C)(=O)N(CCCl)CCCl)c1ccc([N+](=O)[O-])s1.CC1=CN=C(COP(C)(N)=O)C1.Cc1ccc(COP(C)(N)=O)o1.Cc1ccc(COP(C)(N)=O)s1.Cn1cc([N+](=O)[O-])cc1COP(C)(C)=O.NCC=O. The Labute approximate surface area is 798 Å². The quantitative estimate of drug-likeness (QED) is 0.00906. The van der Waals surface area contributed by atoms with Gasteiger partial charge in [0.1, 0.15) is 60.8 Å². The number of carbonyl (C=O) groups is 5. The first-order chi connectivity index (χ1) is 60.2. The van der Waals surface area contributed by atoms with Crippen molar-refractivity contribution in [3.05, 3.63) is 180 Å². The Morgan fingerprint density at radius 2 is 0.908 bits per heavy atom. The van der Waals surface area contributed by atoms with Crippen LogP contribution in [0.1, 0.15) is 114 Å². The molecule has 0 saturated heterocycles. The van der Waals surface area contributed by atoms with E-state index in [1.807, 2.05) is 45.8 Å². The molecule has 6 heterocycles. The lowest BCUT2D eigenvalue weighted by atomic mass is 10.0. The molecule has 6 aromatic rings. The van der Waals surface area contributed by atoms with Crippen LogP contribution in [0.25, 0.3) is 0 Å². The average molecular weight is 2150 g/mol. The molecule has 8 N–H and O–H groups in total. The number of carbonyl (C=O) groups excluding carboxylic acids is 5. The van der Waals surface area contributed by atoms with Crippen molar-refractivity contribution < 1.29 is 112 Å². The third-order valence-electron chi connectivity index (χ3n) is 15.6. The summed E-state index contributed by atoms with van der Waals surface area (Å²) >= 11 is 37.8. The van der Waals surface area contributed by atoms with E-state index in [1.165, 1.54) is 145 Å². The fourth-order valence-corrected chi connectivity index (χ4v) is 21.3. The summed E-state index contributed by atoms with van der Waals surface area (Å²) in [5, 5.41) is 42.8. The number of nitro groups is 4. The van der Waals surface area contributed by atoms with Crippen LogP contribution in [0.5, 0.6) is 0 Å². The fraction of sp³-hybridized carbons (Fsp3) is 0.534. The van der Waals surface area contributed by atoms with Crippen molar-refractivity contribution in [2.24, 2.45) is 34.3 Å². The maximum atomic E-state index is 13.0. The number of nitro benzene ring substituents is 1. The van der Waals surface area contributed by atoms with Gasteiger partial charge in [0, 0.05) is 229 Å². The number of aromatic nitrogens is 1. The highest BCUT2D eigenvalue weighted by Gasteiger charge is 2.35. The predicted molar refractivity (Wildman–Crippen MR) is 518 cm³/mol. The first-order valence-corrected chi connectivity index (χ1v) is 58.8. The van der Waals surface area contributed by atoms with Crippen molar-refractivity contribution >= 4 is 214 Å². The highest BCUT2D eigenvalue weighted by atomic mass is 35.5. The van der Waals surface area contributed by atoms with Crippen molar-refractivity contribution in [3.8, 4) is 0 Å². The molecule has 1 aliphatic rings. The number of hydrogen-bond acceptors (Lipinski definition) is 33. The second kappa shape index (κ2) is 64.9. The van der Waals surface area contributed by atoms with E-state index >= 15 is 0 Å². The molecule has 41 nitrogen and oxygen atoms in total. The smallest absolute Gasteiger partial charge is 0.324 e. The van der Waals surface area contributed by atoms with Gasteiger partial charge in [-0.1, -0.05) is 22.7 Å². The Kier molecular flexibility index (Phi) is 63.5. The van der Waals surface area contributed by atoms with Gasteiger partial charge in [0.25, 0.3) is 56.5 Å². The van der Waals surface area contributed by atoms with Crippen LogP contribution in [-0.4, -0.2) is 215 Å². The van der Waals surface area contributed by atoms with E-state index in [2.05, 4.69) is 10.7 Å². The molecule has 736 valence electrons. The van der Waals surface area contributed by atoms with Gasteiger partial charge in [-0.3, -0.25) is 108 Å². The summed E-state index contributed by atoms with van der Waals surface area (Å²) in [6, 6.07) is 20.3. The molecule has 9 unspecified atom stereocenters. The van der Waals surface area contributed by atoms with Crippen LogP contribution in [0.3, 0.4) is 0 Å². The molecule has 0 aliphatic carbocycles. The van der Waals surface area contributed by atoms with Crippen LogP contribution in [0.4, 0.5) is 21.4 Å². The number of aliphatic imine (C=N–C) groups is 1. The maximum Gasteiger partial charge on any atom is 0.324 e. The number of nitrogens with two attached hydrogens (primary N) is 4. The molecule has 0 radical (unpaired) electrons. The summed E-state index contributed by atoms with van der Waals surface area (Å²) in [6.45, 7) is 26.5. The Bertz CT molecular complexity index is 4740. The molecule has 0 spiro atoms. The van der Waals surface area contributed by atoms with Crippen molar-refractivity contribution in [2.75, 3.05) is 141 Å². The number of benzene rings is 1. The van der Waals surface area contributed by atoms with E-state index in [4.69, 9.17) is 132 Å². The lowest BCUT2D eigenvalue weighted by Crippen LogP contribution is -2.26. The standard InChI is InChI=1S/C15H21Cl2N2O5P.2C13H19Cl2N2O5PS.C8H13N2O4P.C7H13N2O2P.C7H12NO3P.C7H12NO2PS.C2H5NO.CH2O/c1-12(20)11-15(13-3-5-14(6-4-13)19(21)22)24-25(2,23)18(9-7-16)10-8-17;2*1-10(18)9-11(12-3-4-13(24-12)17(19)20)22-23(2,21)16(7-5-14)8-6-15;1-9-5-7(10(11)12)4-8(9)6-14-15(2,3)13;1-6-3-7(9-4-6)5-11-12(2,8)10;1-6-3-4-7(11-6)5-10-12(2,8)9;1-6-3-4-7(12-6)5-10-11(2,8)9;3-1-2-4;1-2/h3-6,15H,7-11H2,1-2H3;2*3-4,11H,5-9H2,1-2H3;4-5H,6H2,1-3H3;4H,3,5H2,1-2H3,(H2,8,10);2*3-4H,5H2,1-2H3,(H2,8,9);2H,1,3H2;1H2. The molecular weight excluding hydrogens is 2030 g/mol. The summed E-state index contributed by atoms with van der Waals surface area (Å²) in [7, 11) is -19.2. The number of nitrogens with zero attached hydrogens (tertiary/aromatic N) is 9. The van der Waals surface area contributed by atoms with Crippen molar-refractivity contribution in [3.63, 3.8) is 0 Å². The lowest BCUT2D eigenvalue weighted by Gasteiger charge is -2.30. The number of halogens is 6. The van der Waals surface area contributed by atoms with E-state index < -0.39 is 90.5 Å². The Morgan fingerprint density at radius 1 is 0.531 bits per heavy atom. The molecule has 5 aromatic heterocycles. The zero-order valence-electron chi connectivity index (χ0n) is 74.4. The van der Waals surface area contributed by atoms with Crippen LogP contribution in [-0.2, 0) is 114 Å². The largest absolute Gasteiger partial charge is 0.464 e. The van der Waals surface area contributed by atoms with E-state index in [-0.39, 0.29) is 120 Å². The normalized spacial score (nSPS) is 15.0. The average Bonchev–Trinajstić information content (AvgIpc) is 0.867. The minimum absolute atomic E-state index is 0.00519. The van der Waals surface area contributed by atoms with Gasteiger partial charge in [-0.15, -0.1) is 80.9 Å². The summed E-state index contributed by atoms with van der Waals surface area (Å²) in [5.74, 6) is 2.47. The van der Waals surface area contributed by atoms with Crippen LogP contribution < -0.4 is 22.2 Å². The third-order valence-corrected chi connectivity index (χ3v) is 28.7. The number of allylic oxidation sites excluding steroid dienone is 1. The molecule has 130 heavy (non-hydrogen) atoms. The zero-order valence-corrected chi connectivity index (χ0v) is 87.7. The minimum atomic E-state index is -3.28. The number of aldehydes is 1. The van der Waals surface area contributed by atoms with Gasteiger partial charge in [0.05, 0.1) is 57.5 Å². The number of rotatable bonds is 47. The molecule has 0 saturated carbocycles. The number of Topliss-reactive ketones (excluding diaryl/α,β-unsaturated/α-hetero) is 3. The van der Waals surface area contributed by atoms with Gasteiger partial charge in [-0.05, 0) is 101 Å². The predicted octanol–water partition coefficient (Wildman–Crippen LogP) is 19.5. The zero-order chi connectivity index (χ0) is 100. The van der Waals surface area contributed by atoms with Crippen LogP contribution in [0.2, 0.25) is 0 Å². The first-order valence-electron chi connectivity index (χ1n) is 38.1. The van der Waals surface area contributed by atoms with Crippen LogP contribution in [0.15, 0.2) is 106 Å². The van der Waals surface area contributed by atoms with E-state index in [0.717, 1.165) is 45.4 Å². The maximum absolute atomic E-state index is 13.0. The van der Waals surface area contributed by atoms with E-state index in [1.54, 1.807) is 49.2 Å². The van der Waals surface area contributed by atoms with Crippen LogP contribution in [0, 0.1) is 54.3 Å². The summed E-state index contributed by atoms with van der Waals surface area (Å²) in [6.07, 6.45) is 2.20. The summed E-state index contributed by atoms with van der Waals surface area (Å²) in [5.41, 5.74) is 23.5. The van der Waals surface area contributed by atoms with Crippen molar-refractivity contribution in [2.45, 2.75) is 105 Å². The molecule has 1 aliphatic heterocycles. The van der Waals surface area contributed by atoms with Gasteiger partial charge >= 0.3 is 10.0 Å². The number of hydrogen-bond donors (Lipinski definition) is 4. The highest BCUT2D eigenvalue weighted by Crippen LogP contribution is 2.55. The number of aryl methyl sites for hydroxylation is 3. The van der Waals surface area contributed by atoms with E-state index in [9.17, 15) is 86.8 Å². The molecular formula is C73H116Cl6N13O28P7S3. The Morgan fingerprint density at radius 3 is 1.20 bits per heavy atom. The van der Waals surface area contributed by atoms with Gasteiger partial charge in [0.15, 0.2) is 7.37 Å². The minimum Gasteiger partial charge on any atom is -0.464 e. The molecule has 0 bridgehead atoms. The molecule has 1 aromatic carbocycles. The highest BCUT2D eigenvalue weighted by molar-refractivity contribution is 7.57. The van der Waals surface area contributed by atoms with Crippen LogP contribution >= 0.6 is 156 Å². The molecule has 7 rings (SSSR count). The summed E-state index contributed by atoms with van der Waals surface area (Å²) in [4.78, 5) is 99.9. The number of ketones is 3. The Hall–Kier alpha value is -4.97. The van der Waals surface area contributed by atoms with Gasteiger partial charge < -0.3 is 56.0 Å². The number of furan rings is 1. The second-order valence-electron chi connectivity index (χ2n) is 28.0. The van der Waals surface area contributed by atoms with Crippen molar-refractivity contribution in [1.29, 1.82) is 0 Å². The lowest BCUT2D eigenvalue weighted by molar-refractivity contribution is -0.385. The number of non-ortho nitro benzene ring substituents is 1. The second-order valence-corrected chi connectivity index (χ2v) is 50.0. The van der Waals surface area contributed by atoms with Gasteiger partial charge in [0.2, 0.25) is 0 Å². The first kappa shape index (κ1) is 127. The van der Waals surface area contributed by atoms with Crippen molar-refractivity contribution in [1.82, 2.24) is 18.6 Å². The Balaban J connectivity index is 0. The summed E-state index contributed by atoms with van der Waals surface area (Å²) < 4.78 is 131. The molecule has 0 amide bonds. The van der Waals surface area contributed by atoms with Gasteiger partial charge in [-0.25, -0.2) is 14.0 Å². The topological polar surface area (TPSA) is 586 Å². The molecule has 0 fully saturated rings. The monoisotopic (exact) mass is 2150 g/mol. The fourth-order valence-electron chi connectivity index (χ4n) is 9.81. The molecule has 57 heteroatoms. The molecule has 9 atom stereocenters. The number of alkyl halides is 6. The van der Waals surface area contributed by atoms with E-state index in [0.29, 0.717) is 78.9 Å². The third kappa shape index (κ3) is 57.8. The number of thiophene rings is 3.